The van der Waals surface area contributed by atoms with Gasteiger partial charge in [0.1, 0.15) is 5.82 Å². The number of pyridine rings is 1. The molecule has 2 aromatic carbocycles. The van der Waals surface area contributed by atoms with Crippen LogP contribution in [-0.4, -0.2) is 36.3 Å². The zero-order valence-electron chi connectivity index (χ0n) is 16.0. The van der Waals surface area contributed by atoms with Crippen LogP contribution in [0, 0.1) is 11.8 Å². The third-order valence-electron chi connectivity index (χ3n) is 4.43. The van der Waals surface area contributed by atoms with Crippen molar-refractivity contribution in [2.24, 2.45) is 0 Å². The van der Waals surface area contributed by atoms with E-state index in [4.69, 9.17) is 17.3 Å². The lowest BCUT2D eigenvalue weighted by Gasteiger charge is -2.08. The number of fused-ring (bicyclic) bond motifs is 1. The van der Waals surface area contributed by atoms with E-state index in [1.807, 2.05) is 56.6 Å². The van der Waals surface area contributed by atoms with Gasteiger partial charge in [0.2, 0.25) is 0 Å². The van der Waals surface area contributed by atoms with E-state index < -0.39 is 0 Å². The number of ketones is 1. The normalized spacial score (nSPS) is 10.7. The molecule has 0 unspecified atom stereocenters. The molecule has 0 amide bonds. The van der Waals surface area contributed by atoms with Crippen molar-refractivity contribution >= 4 is 34.0 Å². The molecule has 1 heterocycles. The van der Waals surface area contributed by atoms with E-state index in [2.05, 4.69) is 21.7 Å². The molecule has 2 N–H and O–H groups in total. The summed E-state index contributed by atoms with van der Waals surface area (Å²) in [6.45, 7) is 0.903. The molecule has 0 fully saturated rings. The van der Waals surface area contributed by atoms with E-state index in [0.29, 0.717) is 28.4 Å². The predicted octanol–water partition coefficient (Wildman–Crippen LogP) is 4.39. The molecule has 0 radical (unpaired) electrons. The maximum absolute atomic E-state index is 12.2. The molecule has 0 aliphatic rings. The van der Waals surface area contributed by atoms with Gasteiger partial charge in [-0.25, -0.2) is 4.98 Å². The Labute approximate surface area is 170 Å². The lowest BCUT2D eigenvalue weighted by Crippen LogP contribution is -2.14. The summed E-state index contributed by atoms with van der Waals surface area (Å²) in [5.74, 6) is 6.74. The van der Waals surface area contributed by atoms with Crippen LogP contribution < -0.4 is 5.73 Å². The van der Waals surface area contributed by atoms with Crippen LogP contribution in [-0.2, 0) is 0 Å². The highest BCUT2D eigenvalue weighted by Gasteiger charge is 2.07. The first-order chi connectivity index (χ1) is 13.4. The number of nitrogens with zero attached hydrogens (tertiary/aromatic N) is 2. The van der Waals surface area contributed by atoms with Crippen LogP contribution in [0.5, 0.6) is 0 Å². The van der Waals surface area contributed by atoms with Gasteiger partial charge in [0.25, 0.3) is 0 Å². The fourth-order valence-corrected chi connectivity index (χ4v) is 3.08. The number of nitrogens with two attached hydrogens (primary N) is 1. The third kappa shape index (κ3) is 4.89. The van der Waals surface area contributed by atoms with E-state index in [1.54, 1.807) is 6.20 Å². The molecule has 3 aromatic rings. The van der Waals surface area contributed by atoms with Gasteiger partial charge in [-0.15, -0.1) is 0 Å². The molecule has 0 spiro atoms. The Hall–Kier alpha value is -2.87. The van der Waals surface area contributed by atoms with Gasteiger partial charge >= 0.3 is 0 Å². The molecule has 0 aliphatic heterocycles. The molecule has 28 heavy (non-hydrogen) atoms. The average Bonchev–Trinajstić information content (AvgIpc) is 2.67. The second kappa shape index (κ2) is 8.88. The van der Waals surface area contributed by atoms with Crippen molar-refractivity contribution < 1.29 is 4.79 Å². The van der Waals surface area contributed by atoms with E-state index >= 15 is 0 Å². The van der Waals surface area contributed by atoms with Crippen LogP contribution in [0.2, 0.25) is 5.02 Å². The van der Waals surface area contributed by atoms with Crippen LogP contribution in [0.15, 0.2) is 48.7 Å². The highest BCUT2D eigenvalue weighted by Crippen LogP contribution is 2.24. The van der Waals surface area contributed by atoms with Crippen LogP contribution >= 0.6 is 11.6 Å². The largest absolute Gasteiger partial charge is 0.383 e. The van der Waals surface area contributed by atoms with Gasteiger partial charge in [-0.2, -0.15) is 0 Å². The van der Waals surface area contributed by atoms with Crippen LogP contribution in [0.4, 0.5) is 5.82 Å². The first-order valence-electron chi connectivity index (χ1n) is 9.08. The molecule has 0 saturated carbocycles. The van der Waals surface area contributed by atoms with Crippen LogP contribution in [0.1, 0.15) is 34.3 Å². The lowest BCUT2D eigenvalue weighted by molar-refractivity contribution is 0.0977. The van der Waals surface area contributed by atoms with Crippen molar-refractivity contribution in [1.82, 2.24) is 9.88 Å². The number of nitrogen functional groups attached to an aromatic ring is 1. The molecular formula is C23H22ClN3O. The van der Waals surface area contributed by atoms with E-state index in [-0.39, 0.29) is 5.78 Å². The van der Waals surface area contributed by atoms with Gasteiger partial charge in [-0.05, 0) is 51.3 Å². The van der Waals surface area contributed by atoms with Crippen LogP contribution in [0.25, 0.3) is 10.8 Å². The molecule has 142 valence electrons. The van der Waals surface area contributed by atoms with Gasteiger partial charge in [-0.3, -0.25) is 4.79 Å². The highest BCUT2D eigenvalue weighted by atomic mass is 35.5. The first kappa shape index (κ1) is 19.9. The van der Waals surface area contributed by atoms with Gasteiger partial charge < -0.3 is 10.6 Å². The number of anilines is 1. The van der Waals surface area contributed by atoms with Crippen molar-refractivity contribution in [2.75, 3.05) is 26.4 Å². The van der Waals surface area contributed by atoms with Crippen molar-refractivity contribution in [2.45, 2.75) is 12.8 Å². The standard InChI is InChI=1S/C23H22ClN3O/c1-27(2)13-3-4-22(28)17-8-5-16(6-9-17)7-12-20-21-14-19(24)11-10-18(21)15-26-23(20)25/h5-6,8-11,14-15H,3-4,13H2,1-2H3,(H2,25,26). The first-order valence-corrected chi connectivity index (χ1v) is 9.45. The average molecular weight is 392 g/mol. The van der Waals surface area contributed by atoms with Gasteiger partial charge in [0.15, 0.2) is 5.78 Å². The zero-order chi connectivity index (χ0) is 20.1. The Kier molecular flexibility index (Phi) is 6.30. The highest BCUT2D eigenvalue weighted by molar-refractivity contribution is 6.31. The van der Waals surface area contributed by atoms with Gasteiger partial charge in [-0.1, -0.05) is 41.6 Å². The third-order valence-corrected chi connectivity index (χ3v) is 4.67. The minimum atomic E-state index is 0.151. The van der Waals surface area contributed by atoms with E-state index in [0.717, 1.165) is 29.3 Å². The summed E-state index contributed by atoms with van der Waals surface area (Å²) in [6.07, 6.45) is 3.11. The Bertz CT molecular complexity index is 1060. The number of rotatable bonds is 5. The number of aromatic nitrogens is 1. The Morgan fingerprint density at radius 1 is 1.14 bits per heavy atom. The molecule has 0 aliphatic carbocycles. The second-order valence-electron chi connectivity index (χ2n) is 6.91. The summed E-state index contributed by atoms with van der Waals surface area (Å²) in [4.78, 5) is 18.5. The Morgan fingerprint density at radius 2 is 1.89 bits per heavy atom. The number of carbonyl (C=O) groups excluding carboxylic acids is 1. The minimum absolute atomic E-state index is 0.151. The van der Waals surface area contributed by atoms with Gasteiger partial charge in [0.05, 0.1) is 5.56 Å². The second-order valence-corrected chi connectivity index (χ2v) is 7.34. The van der Waals surface area contributed by atoms with E-state index in [9.17, 15) is 4.79 Å². The maximum Gasteiger partial charge on any atom is 0.162 e. The van der Waals surface area contributed by atoms with Crippen molar-refractivity contribution in [3.8, 4) is 11.8 Å². The van der Waals surface area contributed by atoms with Crippen molar-refractivity contribution in [3.05, 3.63) is 70.4 Å². The summed E-state index contributed by atoms with van der Waals surface area (Å²) in [5, 5.41) is 2.43. The SMILES string of the molecule is CN(C)CCCC(=O)c1ccc(C#Cc2c(N)ncc3ccc(Cl)cc23)cc1. The summed E-state index contributed by atoms with van der Waals surface area (Å²) in [5.41, 5.74) is 8.20. The number of carbonyl (C=O) groups is 1. The fraction of sp³-hybridized carbons (Fsp3) is 0.217. The lowest BCUT2D eigenvalue weighted by atomic mass is 10.0. The van der Waals surface area contributed by atoms with Crippen LogP contribution in [0.3, 0.4) is 0 Å². The predicted molar refractivity (Wildman–Crippen MR) is 116 cm³/mol. The molecule has 0 atom stereocenters. The fourth-order valence-electron chi connectivity index (χ4n) is 2.90. The quantitative estimate of drug-likeness (QED) is 0.517. The molecular weight excluding hydrogens is 370 g/mol. The molecule has 1 aromatic heterocycles. The van der Waals surface area contributed by atoms with E-state index in [1.165, 1.54) is 0 Å². The smallest absolute Gasteiger partial charge is 0.162 e. The number of halogens is 1. The molecule has 0 bridgehead atoms. The molecule has 4 nitrogen and oxygen atoms in total. The topological polar surface area (TPSA) is 59.2 Å². The van der Waals surface area contributed by atoms with Crippen molar-refractivity contribution in [1.29, 1.82) is 0 Å². The monoisotopic (exact) mass is 391 g/mol. The number of benzene rings is 2. The van der Waals surface area contributed by atoms with Gasteiger partial charge in [0, 0.05) is 39.5 Å². The molecule has 5 heteroatoms. The number of Topliss-reactive ketones (excluding diaryl/α,β-unsaturated/α-hetero) is 1. The minimum Gasteiger partial charge on any atom is -0.383 e. The zero-order valence-corrected chi connectivity index (χ0v) is 16.8. The summed E-state index contributed by atoms with van der Waals surface area (Å²) in [7, 11) is 4.01. The Morgan fingerprint density at radius 3 is 2.61 bits per heavy atom. The number of hydrogen-bond donors (Lipinski definition) is 1. The number of hydrogen-bond acceptors (Lipinski definition) is 4. The molecule has 3 rings (SSSR count). The summed E-state index contributed by atoms with van der Waals surface area (Å²) >= 11 is 6.12. The van der Waals surface area contributed by atoms with Crippen molar-refractivity contribution in [3.63, 3.8) is 0 Å². The Balaban J connectivity index is 1.80. The summed E-state index contributed by atoms with van der Waals surface area (Å²) < 4.78 is 0. The molecule has 0 saturated heterocycles. The maximum atomic E-state index is 12.2. The summed E-state index contributed by atoms with van der Waals surface area (Å²) in [6, 6.07) is 12.9.